The third-order valence-corrected chi connectivity index (χ3v) is 5.48. The molecule has 8 nitrogen and oxygen atoms in total. The smallest absolute Gasteiger partial charge is 0.270 e. The number of anilines is 1. The lowest BCUT2D eigenvalue weighted by atomic mass is 10.1. The molecule has 1 aliphatic rings. The van der Waals surface area contributed by atoms with Gasteiger partial charge in [-0.05, 0) is 19.8 Å². The van der Waals surface area contributed by atoms with Crippen LogP contribution in [0, 0.1) is 22.5 Å². The fourth-order valence-corrected chi connectivity index (χ4v) is 4.43. The Morgan fingerprint density at radius 2 is 2.00 bits per heavy atom. The van der Waals surface area contributed by atoms with Gasteiger partial charge in [-0.15, -0.1) is 0 Å². The number of aromatic nitrogens is 2. The van der Waals surface area contributed by atoms with Crippen LogP contribution >= 0.6 is 0 Å². The van der Waals surface area contributed by atoms with Crippen LogP contribution in [0.5, 0.6) is 0 Å². The monoisotopic (exact) mass is 376 g/mol. The first-order valence-corrected chi connectivity index (χ1v) is 10.2. The summed E-state index contributed by atoms with van der Waals surface area (Å²) < 4.78 is 23.1. The van der Waals surface area contributed by atoms with E-state index < -0.39 is 14.8 Å². The van der Waals surface area contributed by atoms with Crippen molar-refractivity contribution in [3.8, 4) is 11.4 Å². The molecule has 138 valence electrons. The summed E-state index contributed by atoms with van der Waals surface area (Å²) in [6.07, 6.45) is 2.99. The van der Waals surface area contributed by atoms with Crippen LogP contribution in [-0.4, -0.2) is 41.9 Å². The molecule has 9 heteroatoms. The Hall–Kier alpha value is -2.55. The highest BCUT2D eigenvalue weighted by Crippen LogP contribution is 2.46. The summed E-state index contributed by atoms with van der Waals surface area (Å²) in [6, 6.07) is 7.94. The molecule has 0 unspecified atom stereocenters. The SMILES string of the molecule is Cc1cc(NCC2(CS(C)(=O)=O)CC2)nc(-c2cccc([N+](=O)[O-])c2)n1. The van der Waals surface area contributed by atoms with E-state index in [2.05, 4.69) is 15.3 Å². The van der Waals surface area contributed by atoms with Crippen molar-refractivity contribution in [3.63, 3.8) is 0 Å². The van der Waals surface area contributed by atoms with E-state index in [1.165, 1.54) is 18.4 Å². The molecule has 0 aliphatic heterocycles. The van der Waals surface area contributed by atoms with Crippen LogP contribution in [0.1, 0.15) is 18.5 Å². The molecule has 3 rings (SSSR count). The largest absolute Gasteiger partial charge is 0.369 e. The molecule has 0 saturated heterocycles. The van der Waals surface area contributed by atoms with E-state index in [1.54, 1.807) is 18.2 Å². The lowest BCUT2D eigenvalue weighted by Crippen LogP contribution is -2.24. The average molecular weight is 376 g/mol. The lowest BCUT2D eigenvalue weighted by Gasteiger charge is -2.16. The summed E-state index contributed by atoms with van der Waals surface area (Å²) in [5, 5.41) is 14.2. The highest BCUT2D eigenvalue weighted by Gasteiger charge is 2.45. The van der Waals surface area contributed by atoms with E-state index in [9.17, 15) is 18.5 Å². The minimum absolute atomic E-state index is 0.0211. The van der Waals surface area contributed by atoms with Crippen LogP contribution in [0.3, 0.4) is 0 Å². The number of nitrogens with one attached hydrogen (secondary N) is 1. The molecule has 0 amide bonds. The van der Waals surface area contributed by atoms with Gasteiger partial charge in [-0.2, -0.15) is 0 Å². The van der Waals surface area contributed by atoms with Crippen LogP contribution in [0.25, 0.3) is 11.4 Å². The fraction of sp³-hybridized carbons (Fsp3) is 0.412. The number of sulfone groups is 1. The van der Waals surface area contributed by atoms with Crippen molar-refractivity contribution in [1.29, 1.82) is 0 Å². The van der Waals surface area contributed by atoms with Crippen LogP contribution in [0.4, 0.5) is 11.5 Å². The van der Waals surface area contributed by atoms with Crippen molar-refractivity contribution in [3.05, 3.63) is 46.1 Å². The first-order valence-electron chi connectivity index (χ1n) is 8.18. The molecule has 1 fully saturated rings. The average Bonchev–Trinajstić information content (AvgIpc) is 3.30. The van der Waals surface area contributed by atoms with Crippen molar-refractivity contribution in [1.82, 2.24) is 9.97 Å². The first kappa shape index (κ1) is 18.2. The highest BCUT2D eigenvalue weighted by atomic mass is 32.2. The first-order chi connectivity index (χ1) is 12.2. The predicted octanol–water partition coefficient (Wildman–Crippen LogP) is 2.60. The summed E-state index contributed by atoms with van der Waals surface area (Å²) >= 11 is 0. The minimum Gasteiger partial charge on any atom is -0.369 e. The number of nitrogens with zero attached hydrogens (tertiary/aromatic N) is 3. The van der Waals surface area contributed by atoms with Crippen molar-refractivity contribution >= 4 is 21.3 Å². The van der Waals surface area contributed by atoms with Crippen LogP contribution < -0.4 is 5.32 Å². The summed E-state index contributed by atoms with van der Waals surface area (Å²) in [5.74, 6) is 1.14. The summed E-state index contributed by atoms with van der Waals surface area (Å²) in [6.45, 7) is 2.34. The van der Waals surface area contributed by atoms with Gasteiger partial charge in [0.2, 0.25) is 0 Å². The molecule has 0 spiro atoms. The maximum absolute atomic E-state index is 11.6. The second kappa shape index (κ2) is 6.64. The molecule has 2 aromatic rings. The van der Waals surface area contributed by atoms with Gasteiger partial charge in [0, 0.05) is 47.7 Å². The molecule has 1 aromatic carbocycles. The molecular formula is C17H20N4O4S. The van der Waals surface area contributed by atoms with E-state index in [0.29, 0.717) is 23.8 Å². The molecule has 1 N–H and O–H groups in total. The third-order valence-electron chi connectivity index (χ3n) is 4.34. The number of aryl methyl sites for hydroxylation is 1. The van der Waals surface area contributed by atoms with Crippen molar-refractivity contribution in [2.24, 2.45) is 5.41 Å². The Labute approximate surface area is 151 Å². The number of hydrogen-bond donors (Lipinski definition) is 1. The molecule has 1 aromatic heterocycles. The number of rotatable bonds is 7. The fourth-order valence-electron chi connectivity index (χ4n) is 2.93. The van der Waals surface area contributed by atoms with Gasteiger partial charge in [0.1, 0.15) is 15.7 Å². The number of nitro groups is 1. The van der Waals surface area contributed by atoms with Gasteiger partial charge in [0.15, 0.2) is 5.82 Å². The Kier molecular flexibility index (Phi) is 4.66. The molecule has 1 saturated carbocycles. The van der Waals surface area contributed by atoms with E-state index >= 15 is 0 Å². The predicted molar refractivity (Wildman–Crippen MR) is 98.7 cm³/mol. The third kappa shape index (κ3) is 4.54. The second-order valence-corrected chi connectivity index (χ2v) is 9.09. The van der Waals surface area contributed by atoms with E-state index in [-0.39, 0.29) is 16.9 Å². The molecule has 26 heavy (non-hydrogen) atoms. The van der Waals surface area contributed by atoms with Gasteiger partial charge in [-0.3, -0.25) is 10.1 Å². The van der Waals surface area contributed by atoms with Crippen LogP contribution in [0.2, 0.25) is 0 Å². The normalized spacial score (nSPS) is 15.5. The van der Waals surface area contributed by atoms with Gasteiger partial charge in [-0.25, -0.2) is 18.4 Å². The molecule has 0 bridgehead atoms. The molecule has 1 heterocycles. The molecule has 0 radical (unpaired) electrons. The number of nitro benzene ring substituents is 1. The summed E-state index contributed by atoms with van der Waals surface area (Å²) in [7, 11) is -3.03. The minimum atomic E-state index is -3.03. The topological polar surface area (TPSA) is 115 Å². The van der Waals surface area contributed by atoms with Crippen LogP contribution in [-0.2, 0) is 9.84 Å². The zero-order chi connectivity index (χ0) is 18.9. The van der Waals surface area contributed by atoms with E-state index in [1.807, 2.05) is 6.92 Å². The molecule has 1 aliphatic carbocycles. The Bertz CT molecular complexity index is 955. The Balaban J connectivity index is 1.80. The standard InChI is InChI=1S/C17H20N4O4S/c1-12-8-15(18-10-17(6-7-17)11-26(2,24)25)20-16(19-12)13-4-3-5-14(9-13)21(22)23/h3-5,8-9H,6-7,10-11H2,1-2H3,(H,18,19,20). The molecule has 0 atom stereocenters. The van der Waals surface area contributed by atoms with Gasteiger partial charge in [0.25, 0.3) is 5.69 Å². The van der Waals surface area contributed by atoms with Crippen molar-refractivity contribution in [2.45, 2.75) is 19.8 Å². The van der Waals surface area contributed by atoms with Gasteiger partial charge in [0.05, 0.1) is 10.7 Å². The van der Waals surface area contributed by atoms with E-state index in [4.69, 9.17) is 0 Å². The zero-order valence-corrected chi connectivity index (χ0v) is 15.4. The highest BCUT2D eigenvalue weighted by molar-refractivity contribution is 7.90. The van der Waals surface area contributed by atoms with Gasteiger partial charge in [-0.1, -0.05) is 12.1 Å². The van der Waals surface area contributed by atoms with Gasteiger partial charge >= 0.3 is 0 Å². The van der Waals surface area contributed by atoms with E-state index in [0.717, 1.165) is 18.5 Å². The summed E-state index contributed by atoms with van der Waals surface area (Å²) in [5.41, 5.74) is 1.03. The zero-order valence-electron chi connectivity index (χ0n) is 14.6. The quantitative estimate of drug-likeness (QED) is 0.583. The Morgan fingerprint density at radius 3 is 2.62 bits per heavy atom. The van der Waals surface area contributed by atoms with Crippen molar-refractivity contribution in [2.75, 3.05) is 23.9 Å². The maximum Gasteiger partial charge on any atom is 0.270 e. The second-order valence-electron chi connectivity index (χ2n) is 6.95. The maximum atomic E-state index is 11.6. The van der Waals surface area contributed by atoms with Gasteiger partial charge < -0.3 is 5.32 Å². The molecular weight excluding hydrogens is 356 g/mol. The number of non-ortho nitro benzene ring substituents is 1. The Morgan fingerprint density at radius 1 is 1.27 bits per heavy atom. The number of benzene rings is 1. The lowest BCUT2D eigenvalue weighted by molar-refractivity contribution is -0.384. The summed E-state index contributed by atoms with van der Waals surface area (Å²) in [4.78, 5) is 19.3. The van der Waals surface area contributed by atoms with Crippen molar-refractivity contribution < 1.29 is 13.3 Å². The number of hydrogen-bond acceptors (Lipinski definition) is 7. The van der Waals surface area contributed by atoms with Crippen LogP contribution in [0.15, 0.2) is 30.3 Å².